The first-order valence-corrected chi connectivity index (χ1v) is 8.01. The Hall–Kier alpha value is -2.46. The number of fused-ring (bicyclic) bond motifs is 1. The molecular weight excluding hydrogens is 326 g/mol. The van der Waals surface area contributed by atoms with Gasteiger partial charge in [0.15, 0.2) is 5.60 Å². The Bertz CT molecular complexity index is 785. The van der Waals surface area contributed by atoms with Gasteiger partial charge in [0.25, 0.3) is 10.0 Å². The van der Waals surface area contributed by atoms with Gasteiger partial charge in [-0.1, -0.05) is 12.1 Å². The maximum Gasteiger partial charge on any atom is 0.337 e. The molecule has 23 heavy (non-hydrogen) atoms. The molecule has 1 atom stereocenters. The fourth-order valence-electron chi connectivity index (χ4n) is 1.80. The molecule has 1 aromatic rings. The Morgan fingerprint density at radius 3 is 2.65 bits per heavy atom. The molecule has 0 aliphatic carbocycles. The number of carbonyl (C=O) groups excluding carboxylic acids is 1. The molecule has 1 aromatic carbocycles. The fraction of sp³-hybridized carbons (Fsp3) is 0.308. The minimum absolute atomic E-state index is 0.0424. The lowest BCUT2D eigenvalue weighted by atomic mass is 10.1. The Labute approximate surface area is 132 Å². The summed E-state index contributed by atoms with van der Waals surface area (Å²) < 4.78 is 25.9. The monoisotopic (exact) mass is 341 g/mol. The van der Waals surface area contributed by atoms with Crippen LogP contribution in [0.2, 0.25) is 0 Å². The summed E-state index contributed by atoms with van der Waals surface area (Å²) in [5.74, 6) is -2.08. The van der Waals surface area contributed by atoms with E-state index in [9.17, 15) is 23.1 Å². The number of carbonyl (C=O) groups is 2. The number of carboxylic acids is 1. The molecule has 0 radical (unpaired) electrons. The highest BCUT2D eigenvalue weighted by Gasteiger charge is 2.31. The average molecular weight is 341 g/mol. The van der Waals surface area contributed by atoms with Gasteiger partial charge in [-0.25, -0.2) is 13.2 Å². The smallest absolute Gasteiger partial charge is 0.337 e. The first kappa shape index (κ1) is 16.9. The molecule has 0 saturated carbocycles. The van der Waals surface area contributed by atoms with E-state index in [4.69, 9.17) is 5.11 Å². The number of nitrogens with zero attached hydrogens (tertiary/aromatic N) is 1. The number of hydrogen-bond donors (Lipinski definition) is 4. The van der Waals surface area contributed by atoms with Crippen LogP contribution in [0.4, 0.5) is 0 Å². The van der Waals surface area contributed by atoms with Gasteiger partial charge < -0.3 is 15.5 Å². The van der Waals surface area contributed by atoms with Gasteiger partial charge in [-0.2, -0.15) is 0 Å². The molecule has 4 N–H and O–H groups in total. The van der Waals surface area contributed by atoms with Gasteiger partial charge in [-0.15, -0.1) is 0 Å². The number of rotatable bonds is 5. The molecular formula is C13H15N3O6S. The quantitative estimate of drug-likeness (QED) is 0.522. The van der Waals surface area contributed by atoms with Crippen molar-refractivity contribution in [3.63, 3.8) is 0 Å². The number of amides is 1. The minimum Gasteiger partial charge on any atom is -0.479 e. The Morgan fingerprint density at radius 2 is 2.00 bits per heavy atom. The highest BCUT2D eigenvalue weighted by Crippen LogP contribution is 2.21. The SMILES string of the molecule is CC(O)(CNC(=O)CN=C1NS(=O)(=O)c2ccccc21)C(=O)O. The number of amidine groups is 1. The van der Waals surface area contributed by atoms with Gasteiger partial charge in [0.2, 0.25) is 5.91 Å². The van der Waals surface area contributed by atoms with E-state index < -0.39 is 40.6 Å². The zero-order chi connectivity index (χ0) is 17.3. The van der Waals surface area contributed by atoms with E-state index in [0.29, 0.717) is 5.56 Å². The normalized spacial score (nSPS) is 19.5. The summed E-state index contributed by atoms with van der Waals surface area (Å²) in [4.78, 5) is 26.3. The molecule has 2 rings (SSSR count). The number of aliphatic carboxylic acids is 1. The Morgan fingerprint density at radius 1 is 1.35 bits per heavy atom. The van der Waals surface area contributed by atoms with Crippen molar-refractivity contribution < 1.29 is 28.2 Å². The second kappa shape index (κ2) is 5.97. The second-order valence-electron chi connectivity index (χ2n) is 5.12. The number of aliphatic imine (C=N–C) groups is 1. The number of sulfonamides is 1. The second-order valence-corrected chi connectivity index (χ2v) is 6.77. The number of hydrogen-bond acceptors (Lipinski definition) is 6. The third-order valence-electron chi connectivity index (χ3n) is 3.13. The summed E-state index contributed by atoms with van der Waals surface area (Å²) in [6.45, 7) is 0.138. The van der Waals surface area contributed by atoms with Crippen LogP contribution in [0, 0.1) is 0 Å². The third kappa shape index (κ3) is 3.66. The molecule has 1 aliphatic rings. The third-order valence-corrected chi connectivity index (χ3v) is 4.53. The van der Waals surface area contributed by atoms with Crippen LogP contribution < -0.4 is 10.0 Å². The van der Waals surface area contributed by atoms with Crippen LogP contribution in [0.25, 0.3) is 0 Å². The van der Waals surface area contributed by atoms with E-state index in [1.54, 1.807) is 18.2 Å². The molecule has 0 aromatic heterocycles. The predicted octanol–water partition coefficient (Wildman–Crippen LogP) is -1.32. The van der Waals surface area contributed by atoms with Crippen LogP contribution in [0.15, 0.2) is 34.2 Å². The van der Waals surface area contributed by atoms with Gasteiger partial charge in [-0.05, 0) is 19.1 Å². The zero-order valence-electron chi connectivity index (χ0n) is 12.1. The molecule has 124 valence electrons. The van der Waals surface area contributed by atoms with E-state index >= 15 is 0 Å². The average Bonchev–Trinajstić information content (AvgIpc) is 2.75. The van der Waals surface area contributed by atoms with Gasteiger partial charge in [0.05, 0.1) is 11.4 Å². The summed E-state index contributed by atoms with van der Waals surface area (Å²) in [6, 6.07) is 6.19. The van der Waals surface area contributed by atoms with Crippen LogP contribution in [0.1, 0.15) is 12.5 Å². The summed E-state index contributed by atoms with van der Waals surface area (Å²) in [5.41, 5.74) is -1.73. The van der Waals surface area contributed by atoms with Crippen LogP contribution in [0.5, 0.6) is 0 Å². The van der Waals surface area contributed by atoms with Crippen molar-refractivity contribution in [2.75, 3.05) is 13.1 Å². The first-order valence-electron chi connectivity index (χ1n) is 6.52. The standard InChI is InChI=1S/C13H15N3O6S/c1-13(20,12(18)19)7-15-10(17)6-14-11-8-4-2-3-5-9(8)23(21,22)16-11/h2-5,20H,6-7H2,1H3,(H,14,16)(H,15,17)(H,18,19). The molecule has 1 aliphatic heterocycles. The lowest BCUT2D eigenvalue weighted by Gasteiger charge is -2.17. The van der Waals surface area contributed by atoms with E-state index in [2.05, 4.69) is 15.0 Å². The van der Waals surface area contributed by atoms with Crippen molar-refractivity contribution in [3.05, 3.63) is 29.8 Å². The molecule has 0 bridgehead atoms. The van der Waals surface area contributed by atoms with Crippen LogP contribution in [0.3, 0.4) is 0 Å². The van der Waals surface area contributed by atoms with Gasteiger partial charge >= 0.3 is 5.97 Å². The van der Waals surface area contributed by atoms with E-state index in [1.807, 2.05) is 0 Å². The summed E-state index contributed by atoms with van der Waals surface area (Å²) in [7, 11) is -3.68. The number of nitrogens with one attached hydrogen (secondary N) is 2. The maximum atomic E-state index is 11.8. The molecule has 10 heteroatoms. The Kier molecular flexibility index (Phi) is 4.39. The van der Waals surface area contributed by atoms with E-state index in [0.717, 1.165) is 6.92 Å². The first-order chi connectivity index (χ1) is 10.6. The number of aliphatic hydroxyl groups is 1. The van der Waals surface area contributed by atoms with Crippen molar-refractivity contribution in [1.29, 1.82) is 0 Å². The Balaban J connectivity index is 2.05. The highest BCUT2D eigenvalue weighted by molar-refractivity contribution is 7.90. The lowest BCUT2D eigenvalue weighted by molar-refractivity contribution is -0.156. The molecule has 1 amide bonds. The fourth-order valence-corrected chi connectivity index (χ4v) is 3.06. The maximum absolute atomic E-state index is 11.8. The van der Waals surface area contributed by atoms with Gasteiger partial charge in [0, 0.05) is 5.56 Å². The van der Waals surface area contributed by atoms with Crippen molar-refractivity contribution in [2.24, 2.45) is 4.99 Å². The molecule has 9 nitrogen and oxygen atoms in total. The van der Waals surface area contributed by atoms with E-state index in [1.165, 1.54) is 6.07 Å². The summed E-state index contributed by atoms with van der Waals surface area (Å²) >= 11 is 0. The topological polar surface area (TPSA) is 145 Å². The molecule has 0 fully saturated rings. The van der Waals surface area contributed by atoms with Crippen molar-refractivity contribution >= 4 is 27.7 Å². The number of benzene rings is 1. The highest BCUT2D eigenvalue weighted by atomic mass is 32.2. The molecule has 1 heterocycles. The zero-order valence-corrected chi connectivity index (χ0v) is 12.9. The van der Waals surface area contributed by atoms with Crippen LogP contribution >= 0.6 is 0 Å². The minimum atomic E-state index is -3.68. The van der Waals surface area contributed by atoms with Gasteiger partial charge in [0.1, 0.15) is 12.4 Å². The van der Waals surface area contributed by atoms with Crippen LogP contribution in [-0.2, 0) is 19.6 Å². The van der Waals surface area contributed by atoms with Crippen molar-refractivity contribution in [3.8, 4) is 0 Å². The summed E-state index contributed by atoms with van der Waals surface area (Å²) in [6.07, 6.45) is 0. The number of carboxylic acid groups (broad SMARTS) is 1. The summed E-state index contributed by atoms with van der Waals surface area (Å²) in [5, 5.41) is 20.4. The molecule has 0 spiro atoms. The van der Waals surface area contributed by atoms with Crippen molar-refractivity contribution in [1.82, 2.24) is 10.0 Å². The van der Waals surface area contributed by atoms with Crippen molar-refractivity contribution in [2.45, 2.75) is 17.4 Å². The van der Waals surface area contributed by atoms with E-state index in [-0.39, 0.29) is 10.7 Å². The molecule has 1 unspecified atom stereocenters. The van der Waals surface area contributed by atoms with Crippen LogP contribution in [-0.4, -0.2) is 55.0 Å². The predicted molar refractivity (Wildman–Crippen MR) is 79.4 cm³/mol. The molecule has 0 saturated heterocycles. The lowest BCUT2D eigenvalue weighted by Crippen LogP contribution is -2.47. The van der Waals surface area contributed by atoms with Gasteiger partial charge in [-0.3, -0.25) is 14.5 Å². The largest absolute Gasteiger partial charge is 0.479 e.